The molecule has 3 aliphatic rings. The van der Waals surface area contributed by atoms with Gasteiger partial charge in [0.2, 0.25) is 0 Å². The molecule has 5 aromatic carbocycles. The lowest BCUT2D eigenvalue weighted by atomic mass is 9.65. The fourth-order valence-corrected chi connectivity index (χ4v) is 9.66. The lowest BCUT2D eigenvalue weighted by Crippen LogP contribution is -2.36. The Labute approximate surface area is 291 Å². The average Bonchev–Trinajstić information content (AvgIpc) is 3.72. The van der Waals surface area contributed by atoms with Crippen molar-refractivity contribution in [3.05, 3.63) is 175 Å². The van der Waals surface area contributed by atoms with Crippen LogP contribution in [0.4, 0.5) is 29.5 Å². The predicted molar refractivity (Wildman–Crippen MR) is 192 cm³/mol. The van der Waals surface area contributed by atoms with E-state index in [2.05, 4.69) is 17.0 Å². The highest BCUT2D eigenvalue weighted by atomic mass is 32.1. The highest BCUT2D eigenvalue weighted by Gasteiger charge is 2.53. The molecule has 50 heavy (non-hydrogen) atoms. The number of aryl methyl sites for hydroxylation is 3. The first-order chi connectivity index (χ1) is 24.0. The molecule has 0 unspecified atom stereocenters. The SMILES string of the molecule is Cc1cc(C)c(N2c3ccc(C(F)(F)F)cc3C3(c4ccccc4-c4ccccc43)c3cc(C=C4C(=O)c5ccccc5C4=O)sc32)c(C)c1. The number of hydrogen-bond acceptors (Lipinski definition) is 4. The van der Waals surface area contributed by atoms with Crippen LogP contribution in [0.2, 0.25) is 0 Å². The molecule has 2 aliphatic carbocycles. The number of alkyl halides is 3. The van der Waals surface area contributed by atoms with Crippen molar-refractivity contribution in [1.82, 2.24) is 0 Å². The summed E-state index contributed by atoms with van der Waals surface area (Å²) in [7, 11) is 0. The van der Waals surface area contributed by atoms with Gasteiger partial charge in [-0.2, -0.15) is 13.2 Å². The number of carbonyl (C=O) groups excluding carboxylic acids is 2. The van der Waals surface area contributed by atoms with Crippen molar-refractivity contribution in [3.63, 3.8) is 0 Å². The number of fused-ring (bicyclic) bond motifs is 10. The molecule has 2 heterocycles. The molecule has 0 N–H and O–H groups in total. The van der Waals surface area contributed by atoms with Crippen LogP contribution in [-0.4, -0.2) is 11.6 Å². The third kappa shape index (κ3) is 4.04. The molecule has 1 aliphatic heterocycles. The Balaban J connectivity index is 1.41. The number of carbonyl (C=O) groups is 2. The van der Waals surface area contributed by atoms with Crippen molar-refractivity contribution in [2.24, 2.45) is 0 Å². The second-order valence-corrected chi connectivity index (χ2v) is 14.3. The first-order valence-electron chi connectivity index (χ1n) is 16.3. The summed E-state index contributed by atoms with van der Waals surface area (Å²) >= 11 is 1.44. The number of benzene rings is 5. The second kappa shape index (κ2) is 10.5. The first kappa shape index (κ1) is 30.5. The van der Waals surface area contributed by atoms with E-state index in [0.717, 1.165) is 55.2 Å². The van der Waals surface area contributed by atoms with E-state index in [9.17, 15) is 22.8 Å². The van der Waals surface area contributed by atoms with Crippen LogP contribution in [0.1, 0.15) is 70.1 Å². The highest BCUT2D eigenvalue weighted by molar-refractivity contribution is 7.17. The molecule has 6 aromatic rings. The smallest absolute Gasteiger partial charge is 0.301 e. The molecule has 1 aromatic heterocycles. The summed E-state index contributed by atoms with van der Waals surface area (Å²) in [5, 5.41) is 0.820. The van der Waals surface area contributed by atoms with Crippen molar-refractivity contribution in [2.75, 3.05) is 4.90 Å². The van der Waals surface area contributed by atoms with E-state index in [1.54, 1.807) is 36.4 Å². The maximum atomic E-state index is 14.6. The Morgan fingerprint density at radius 3 is 1.74 bits per heavy atom. The third-order valence-electron chi connectivity index (χ3n) is 10.3. The number of ketones is 2. The number of rotatable bonds is 2. The first-order valence-corrected chi connectivity index (χ1v) is 17.2. The highest BCUT2D eigenvalue weighted by Crippen LogP contribution is 2.65. The number of nitrogens with zero attached hydrogens (tertiary/aromatic N) is 1. The average molecular weight is 680 g/mol. The summed E-state index contributed by atoms with van der Waals surface area (Å²) in [4.78, 5) is 29.8. The zero-order valence-corrected chi connectivity index (χ0v) is 28.1. The van der Waals surface area contributed by atoms with E-state index in [-0.39, 0.29) is 17.1 Å². The molecule has 0 fully saturated rings. The molecule has 1 spiro atoms. The summed E-state index contributed by atoms with van der Waals surface area (Å²) in [6.45, 7) is 6.07. The molecule has 0 amide bonds. The van der Waals surface area contributed by atoms with Crippen LogP contribution in [0, 0.1) is 20.8 Å². The molecule has 0 radical (unpaired) electrons. The molecule has 244 valence electrons. The topological polar surface area (TPSA) is 37.4 Å². The van der Waals surface area contributed by atoms with Crippen LogP contribution in [0.3, 0.4) is 0 Å². The Morgan fingerprint density at radius 2 is 1.18 bits per heavy atom. The molecule has 9 rings (SSSR count). The molecule has 7 heteroatoms. The van der Waals surface area contributed by atoms with E-state index in [1.807, 2.05) is 75.4 Å². The van der Waals surface area contributed by atoms with Crippen LogP contribution < -0.4 is 4.90 Å². The van der Waals surface area contributed by atoms with Crippen molar-refractivity contribution in [3.8, 4) is 11.1 Å². The maximum Gasteiger partial charge on any atom is 0.416 e. The van der Waals surface area contributed by atoms with Crippen LogP contribution in [-0.2, 0) is 11.6 Å². The van der Waals surface area contributed by atoms with E-state index < -0.39 is 17.2 Å². The second-order valence-electron chi connectivity index (χ2n) is 13.3. The van der Waals surface area contributed by atoms with E-state index in [1.165, 1.54) is 23.5 Å². The lowest BCUT2D eigenvalue weighted by Gasteiger charge is -2.44. The lowest BCUT2D eigenvalue weighted by molar-refractivity contribution is -0.137. The summed E-state index contributed by atoms with van der Waals surface area (Å²) < 4.78 is 43.9. The maximum absolute atomic E-state index is 14.6. The van der Waals surface area contributed by atoms with Crippen LogP contribution in [0.5, 0.6) is 0 Å². The van der Waals surface area contributed by atoms with Gasteiger partial charge >= 0.3 is 6.18 Å². The van der Waals surface area contributed by atoms with Gasteiger partial charge in [-0.3, -0.25) is 9.59 Å². The van der Waals surface area contributed by atoms with E-state index >= 15 is 0 Å². The zero-order valence-electron chi connectivity index (χ0n) is 27.3. The van der Waals surface area contributed by atoms with Gasteiger partial charge in [-0.05, 0) is 90.1 Å². The van der Waals surface area contributed by atoms with Gasteiger partial charge in [-0.25, -0.2) is 0 Å². The Hall–Kier alpha value is -5.53. The van der Waals surface area contributed by atoms with Gasteiger partial charge < -0.3 is 4.90 Å². The molecular formula is C43H28F3NO2S. The minimum Gasteiger partial charge on any atom is -0.301 e. The van der Waals surface area contributed by atoms with Gasteiger partial charge in [0.15, 0.2) is 11.6 Å². The molecule has 3 nitrogen and oxygen atoms in total. The standard InChI is InChI=1S/C43H28F3NO2S/c1-23-18-24(2)38(25(3)19-23)47-37-17-16-26(43(44,45)46)20-35(37)42(33-14-8-6-10-28(33)29-11-7-9-15-34(29)42)36-22-27(50-41(36)47)21-32-39(48)30-12-4-5-13-31(30)40(32)49/h4-22H,1-3H3. The number of halogens is 3. The van der Waals surface area contributed by atoms with Crippen LogP contribution in [0.25, 0.3) is 17.2 Å². The minimum atomic E-state index is -4.57. The quantitative estimate of drug-likeness (QED) is 0.135. The molecular weight excluding hydrogens is 652 g/mol. The van der Waals surface area contributed by atoms with Gasteiger partial charge in [0.25, 0.3) is 0 Å². The van der Waals surface area contributed by atoms with Crippen molar-refractivity contribution < 1.29 is 22.8 Å². The number of hydrogen-bond donors (Lipinski definition) is 0. The summed E-state index contributed by atoms with van der Waals surface area (Å²) in [5.74, 6) is -0.660. The Morgan fingerprint density at radius 1 is 0.640 bits per heavy atom. The number of anilines is 3. The van der Waals surface area contributed by atoms with Gasteiger partial charge in [-0.1, -0.05) is 90.5 Å². The van der Waals surface area contributed by atoms with Crippen molar-refractivity contribution in [1.29, 1.82) is 0 Å². The summed E-state index contributed by atoms with van der Waals surface area (Å²) in [6.07, 6.45) is -2.91. The molecule has 0 atom stereocenters. The fourth-order valence-electron chi connectivity index (χ4n) is 8.48. The Bertz CT molecular complexity index is 2410. The monoisotopic (exact) mass is 679 g/mol. The minimum absolute atomic E-state index is 0.0807. The molecule has 0 bridgehead atoms. The van der Waals surface area contributed by atoms with E-state index in [0.29, 0.717) is 27.3 Å². The number of thiophene rings is 1. The van der Waals surface area contributed by atoms with Crippen LogP contribution in [0.15, 0.2) is 115 Å². The third-order valence-corrected chi connectivity index (χ3v) is 11.4. The van der Waals surface area contributed by atoms with E-state index in [4.69, 9.17) is 0 Å². The molecule has 0 saturated carbocycles. The largest absolute Gasteiger partial charge is 0.416 e. The van der Waals surface area contributed by atoms with Crippen molar-refractivity contribution >= 4 is 45.4 Å². The molecule has 0 saturated heterocycles. The van der Waals surface area contributed by atoms with Gasteiger partial charge in [0, 0.05) is 21.6 Å². The zero-order chi connectivity index (χ0) is 34.7. The summed E-state index contributed by atoms with van der Waals surface area (Å²) in [5.41, 5.74) is 8.57. The number of Topliss-reactive ketones (excluding diaryl/α,β-unsaturated/α-hetero) is 2. The predicted octanol–water partition coefficient (Wildman–Crippen LogP) is 11.3. The van der Waals surface area contributed by atoms with Gasteiger partial charge in [0.1, 0.15) is 5.00 Å². The summed E-state index contributed by atoms with van der Waals surface area (Å²) in [6, 6.07) is 32.9. The van der Waals surface area contributed by atoms with Crippen molar-refractivity contribution in [2.45, 2.75) is 32.4 Å². The number of allylic oxidation sites excluding steroid dienone is 1. The van der Waals surface area contributed by atoms with Crippen LogP contribution >= 0.6 is 11.3 Å². The van der Waals surface area contributed by atoms with Gasteiger partial charge in [0.05, 0.1) is 27.9 Å². The normalized spacial score (nSPS) is 15.2. The Kier molecular flexibility index (Phi) is 6.40. The fraction of sp³-hybridized carbons (Fsp3) is 0.116. The van der Waals surface area contributed by atoms with Gasteiger partial charge in [-0.15, -0.1) is 11.3 Å².